The molecule has 1 aliphatic rings. The van der Waals surface area contributed by atoms with Crippen molar-refractivity contribution in [1.29, 1.82) is 0 Å². The number of amides is 1. The molecule has 1 aliphatic heterocycles. The molecular weight excluding hydrogens is 295 g/mol. The molecule has 0 aromatic carbocycles. The number of hydrogen-bond acceptors (Lipinski definition) is 4. The van der Waals surface area contributed by atoms with Crippen LogP contribution in [0.2, 0.25) is 0 Å². The van der Waals surface area contributed by atoms with Crippen LogP contribution in [0.5, 0.6) is 0 Å². The number of carbonyl (C=O) groups is 1. The Kier molecular flexibility index (Phi) is 5.05. The minimum absolute atomic E-state index is 0.0502. The maximum absolute atomic E-state index is 13.8. The molecule has 0 aliphatic carbocycles. The van der Waals surface area contributed by atoms with Gasteiger partial charge in [0.2, 0.25) is 5.91 Å². The molecule has 2 rings (SSSR count). The summed E-state index contributed by atoms with van der Waals surface area (Å²) >= 11 is 0. The van der Waals surface area contributed by atoms with Crippen LogP contribution in [0, 0.1) is 6.08 Å². The third-order valence-electron chi connectivity index (χ3n) is 3.34. The molecule has 0 fully saturated rings. The summed E-state index contributed by atoms with van der Waals surface area (Å²) < 4.78 is 13.8. The van der Waals surface area contributed by atoms with E-state index in [9.17, 15) is 9.18 Å². The quantitative estimate of drug-likeness (QED) is 0.868. The average molecular weight is 314 g/mol. The molecule has 0 saturated heterocycles. The van der Waals surface area contributed by atoms with Crippen LogP contribution >= 0.6 is 0 Å². The molecule has 6 heteroatoms. The lowest BCUT2D eigenvalue weighted by Crippen LogP contribution is -2.43. The summed E-state index contributed by atoms with van der Waals surface area (Å²) in [4.78, 5) is 21.3. The highest BCUT2D eigenvalue weighted by Crippen LogP contribution is 2.29. The molecule has 0 radical (unpaired) electrons. The number of halogens is 1. The minimum Gasteiger partial charge on any atom is -0.326 e. The second kappa shape index (κ2) is 7.00. The van der Waals surface area contributed by atoms with Crippen LogP contribution in [0.4, 0.5) is 10.2 Å². The molecule has 1 aromatic heterocycles. The van der Waals surface area contributed by atoms with E-state index in [1.165, 1.54) is 6.08 Å². The predicted octanol–water partition coefficient (Wildman–Crippen LogP) is 3.04. The summed E-state index contributed by atoms with van der Waals surface area (Å²) in [5.74, 6) is 0.161. The first-order valence-corrected chi connectivity index (χ1v) is 7.25. The van der Waals surface area contributed by atoms with Gasteiger partial charge in [-0.25, -0.2) is 4.98 Å². The minimum atomic E-state index is -0.855. The fourth-order valence-electron chi connectivity index (χ4n) is 2.44. The van der Waals surface area contributed by atoms with Gasteiger partial charge in [-0.05, 0) is 32.9 Å². The summed E-state index contributed by atoms with van der Waals surface area (Å²) in [5, 5.41) is 2.78. The van der Waals surface area contributed by atoms with Crippen LogP contribution in [0.1, 0.15) is 32.0 Å². The first-order valence-electron chi connectivity index (χ1n) is 7.25. The van der Waals surface area contributed by atoms with Crippen LogP contribution in [0.3, 0.4) is 0 Å². The van der Waals surface area contributed by atoms with Gasteiger partial charge in [0, 0.05) is 11.3 Å². The third kappa shape index (κ3) is 3.36. The Morgan fingerprint density at radius 2 is 1.96 bits per heavy atom. The number of allylic oxidation sites excluding steroid dienone is 4. The van der Waals surface area contributed by atoms with E-state index in [1.54, 1.807) is 17.9 Å². The maximum Gasteiger partial charge on any atom is 0.311 e. The molecule has 1 aromatic rings. The van der Waals surface area contributed by atoms with Gasteiger partial charge in [-0.3, -0.25) is 4.79 Å². The van der Waals surface area contributed by atoms with E-state index < -0.39 is 6.08 Å². The zero-order chi connectivity index (χ0) is 17.0. The highest BCUT2D eigenvalue weighted by Gasteiger charge is 2.26. The number of anilines is 1. The van der Waals surface area contributed by atoms with E-state index in [2.05, 4.69) is 21.9 Å². The monoisotopic (exact) mass is 314 g/mol. The average Bonchev–Trinajstić information content (AvgIpc) is 2.51. The summed E-state index contributed by atoms with van der Waals surface area (Å²) in [5.41, 5.74) is 2.44. The number of hydrogen-bond donors (Lipinski definition) is 1. The van der Waals surface area contributed by atoms with Gasteiger partial charge in [-0.2, -0.15) is 9.37 Å². The predicted molar refractivity (Wildman–Crippen MR) is 89.8 cm³/mol. The van der Waals surface area contributed by atoms with Gasteiger partial charge < -0.3 is 10.2 Å². The lowest BCUT2D eigenvalue weighted by molar-refractivity contribution is -0.119. The number of rotatable bonds is 4. The van der Waals surface area contributed by atoms with Crippen molar-refractivity contribution >= 4 is 23.9 Å². The van der Waals surface area contributed by atoms with Crippen molar-refractivity contribution in [3.8, 4) is 0 Å². The number of nitrogens with one attached hydrogen (secondary N) is 1. The Balaban J connectivity index is 2.72. The molecule has 5 nitrogen and oxygen atoms in total. The van der Waals surface area contributed by atoms with Gasteiger partial charge in [-0.15, -0.1) is 0 Å². The molecule has 1 N–H and O–H groups in total. The van der Waals surface area contributed by atoms with Gasteiger partial charge in [0.15, 0.2) is 0 Å². The topological polar surface area (TPSA) is 58.1 Å². The SMILES string of the molecule is C=Cc1nc(F)nc(N2CC(=O)NC(C)=C2/C=C\C)c1/C=C\C. The number of nitrogens with zero attached hydrogens (tertiary/aromatic N) is 3. The molecule has 0 bridgehead atoms. The lowest BCUT2D eigenvalue weighted by Gasteiger charge is -2.31. The van der Waals surface area contributed by atoms with Crippen molar-refractivity contribution in [2.24, 2.45) is 0 Å². The largest absolute Gasteiger partial charge is 0.326 e. The molecule has 120 valence electrons. The Bertz CT molecular complexity index is 734. The zero-order valence-electron chi connectivity index (χ0n) is 13.4. The second-order valence-electron chi connectivity index (χ2n) is 4.96. The molecule has 0 unspecified atom stereocenters. The summed E-state index contributed by atoms with van der Waals surface area (Å²) in [6, 6.07) is 0. The number of aromatic nitrogens is 2. The van der Waals surface area contributed by atoms with Gasteiger partial charge >= 0.3 is 6.08 Å². The fraction of sp³-hybridized carbons (Fsp3) is 0.235. The molecule has 2 heterocycles. The Morgan fingerprint density at radius 1 is 1.26 bits per heavy atom. The Morgan fingerprint density at radius 3 is 2.57 bits per heavy atom. The van der Waals surface area contributed by atoms with Crippen molar-refractivity contribution in [2.45, 2.75) is 20.8 Å². The van der Waals surface area contributed by atoms with Gasteiger partial charge in [0.1, 0.15) is 12.4 Å². The molecule has 0 saturated carbocycles. The third-order valence-corrected chi connectivity index (χ3v) is 3.34. The highest BCUT2D eigenvalue weighted by atomic mass is 19.1. The molecule has 1 amide bonds. The summed E-state index contributed by atoms with van der Waals surface area (Å²) in [6.07, 6.45) is 7.90. The van der Waals surface area contributed by atoms with Crippen LogP contribution < -0.4 is 10.2 Å². The van der Waals surface area contributed by atoms with Crippen molar-refractivity contribution in [3.63, 3.8) is 0 Å². The Labute approximate surface area is 134 Å². The van der Waals surface area contributed by atoms with Crippen molar-refractivity contribution in [3.05, 3.63) is 53.5 Å². The van der Waals surface area contributed by atoms with E-state index in [-0.39, 0.29) is 12.5 Å². The van der Waals surface area contributed by atoms with Gasteiger partial charge in [-0.1, -0.05) is 24.8 Å². The molecule has 0 spiro atoms. The first-order chi connectivity index (χ1) is 11.0. The van der Waals surface area contributed by atoms with Crippen LogP contribution in [0.15, 0.2) is 36.2 Å². The fourth-order valence-corrected chi connectivity index (χ4v) is 2.44. The van der Waals surface area contributed by atoms with Crippen LogP contribution in [0.25, 0.3) is 12.2 Å². The standard InChI is InChI=1S/C17H19FN4O/c1-5-8-12-13(7-3)20-17(18)21-16(12)22-10-15(23)19-11(4)14(22)9-6-2/h5-9H,3,10H2,1-2,4H3,(H,19,23)/b8-5-,9-6-. The summed E-state index contributed by atoms with van der Waals surface area (Å²) in [6.45, 7) is 9.23. The van der Waals surface area contributed by atoms with Crippen LogP contribution in [-0.4, -0.2) is 22.4 Å². The molecule has 23 heavy (non-hydrogen) atoms. The zero-order valence-corrected chi connectivity index (χ0v) is 13.4. The van der Waals surface area contributed by atoms with Gasteiger partial charge in [0.25, 0.3) is 0 Å². The van der Waals surface area contributed by atoms with Crippen molar-refractivity contribution in [1.82, 2.24) is 15.3 Å². The first kappa shape index (κ1) is 16.6. The van der Waals surface area contributed by atoms with E-state index in [4.69, 9.17) is 0 Å². The highest BCUT2D eigenvalue weighted by molar-refractivity contribution is 5.88. The van der Waals surface area contributed by atoms with E-state index in [0.717, 1.165) is 5.70 Å². The smallest absolute Gasteiger partial charge is 0.311 e. The molecular formula is C17H19FN4O. The maximum atomic E-state index is 13.8. The number of carbonyl (C=O) groups excluding carboxylic acids is 1. The van der Waals surface area contributed by atoms with Crippen LogP contribution in [-0.2, 0) is 4.79 Å². The van der Waals surface area contributed by atoms with Gasteiger partial charge in [0.05, 0.1) is 11.4 Å². The Hall–Kier alpha value is -2.76. The van der Waals surface area contributed by atoms with E-state index in [0.29, 0.717) is 22.8 Å². The van der Waals surface area contributed by atoms with Crippen molar-refractivity contribution in [2.75, 3.05) is 11.4 Å². The second-order valence-corrected chi connectivity index (χ2v) is 4.96. The summed E-state index contributed by atoms with van der Waals surface area (Å²) in [7, 11) is 0. The lowest BCUT2D eigenvalue weighted by atomic mass is 10.1. The van der Waals surface area contributed by atoms with Crippen molar-refractivity contribution < 1.29 is 9.18 Å². The molecule has 0 atom stereocenters. The normalized spacial score (nSPS) is 15.7. The van der Waals surface area contributed by atoms with E-state index >= 15 is 0 Å². The van der Waals surface area contributed by atoms with E-state index in [1.807, 2.05) is 32.1 Å².